The largest absolute Gasteiger partial charge is 0.492 e. The fraction of sp³-hybridized carbons (Fsp3) is 0.425. The highest BCUT2D eigenvalue weighted by Crippen LogP contribution is 2.47. The summed E-state index contributed by atoms with van der Waals surface area (Å²) in [4.78, 5) is 61.0. The van der Waals surface area contributed by atoms with Crippen molar-refractivity contribution in [2.75, 3.05) is 66.3 Å². The Morgan fingerprint density at radius 1 is 1.03 bits per heavy atom. The van der Waals surface area contributed by atoms with E-state index in [4.69, 9.17) is 28.6 Å². The van der Waals surface area contributed by atoms with Crippen LogP contribution in [0.15, 0.2) is 48.7 Å². The molecule has 4 amide bonds. The SMILES string of the molecule is CC1(C)C(=O)N(c2cnc(C#N)c(C(F)(F)F)c2)C(=S)N1c1ccc(OCCN2CCN(CC(=O)Nc3cc(Cl)cc(NC4CCC(=O)NC4=O)c3)CC2)c(C2CC2)c1. The van der Waals surface area contributed by atoms with Gasteiger partial charge in [-0.05, 0) is 99.3 Å². The van der Waals surface area contributed by atoms with Crippen LogP contribution in [0.25, 0.3) is 0 Å². The van der Waals surface area contributed by atoms with E-state index in [0.717, 1.165) is 48.7 Å². The predicted molar refractivity (Wildman–Crippen MR) is 217 cm³/mol. The van der Waals surface area contributed by atoms with E-state index in [1.165, 1.54) is 6.07 Å². The van der Waals surface area contributed by atoms with Crippen LogP contribution in [0, 0.1) is 11.3 Å². The molecule has 1 aromatic heterocycles. The van der Waals surface area contributed by atoms with Crippen molar-refractivity contribution in [2.45, 2.75) is 63.2 Å². The molecule has 1 atom stereocenters. The number of carbonyl (C=O) groups is 4. The number of benzene rings is 2. The first-order valence-electron chi connectivity index (χ1n) is 19.1. The van der Waals surface area contributed by atoms with Crippen LogP contribution < -0.4 is 30.5 Å². The van der Waals surface area contributed by atoms with Gasteiger partial charge in [-0.3, -0.25) is 39.2 Å². The highest BCUT2D eigenvalue weighted by molar-refractivity contribution is 7.81. The van der Waals surface area contributed by atoms with Gasteiger partial charge >= 0.3 is 6.18 Å². The molecule has 14 nitrogen and oxygen atoms in total. The van der Waals surface area contributed by atoms with Crippen LogP contribution in [-0.4, -0.2) is 101 Å². The van der Waals surface area contributed by atoms with Gasteiger partial charge in [0.25, 0.3) is 5.91 Å². The summed E-state index contributed by atoms with van der Waals surface area (Å²) in [6.45, 7) is 7.35. The number of nitriles is 1. The third-order valence-corrected chi connectivity index (χ3v) is 11.3. The fourth-order valence-electron chi connectivity index (χ4n) is 7.49. The lowest BCUT2D eigenvalue weighted by atomic mass is 10.0. The number of piperidine rings is 1. The molecule has 4 aliphatic rings. The second-order valence-corrected chi connectivity index (χ2v) is 16.2. The molecule has 3 aliphatic heterocycles. The molecule has 1 saturated carbocycles. The molecular weight excluding hydrogens is 811 g/mol. The van der Waals surface area contributed by atoms with E-state index in [-0.39, 0.29) is 41.5 Å². The Morgan fingerprint density at radius 2 is 1.75 bits per heavy atom. The molecule has 2 aromatic carbocycles. The number of carbonyl (C=O) groups excluding carboxylic acids is 4. The smallest absolute Gasteiger partial charge is 0.419 e. The second kappa shape index (κ2) is 16.7. The standard InChI is InChI=1S/C40H41ClF3N9O5S/c1-39(2)37(57)52(28-19-30(40(42,43)44)32(20-45)46-21-28)38(59)53(39)27-5-7-33(29(18-27)23-3-4-23)58-14-13-50-9-11-51(12-10-50)22-35(55)48-26-16-24(41)15-25(17-26)47-31-6-8-34(54)49-36(31)56/h5,7,15-19,21,23,31,47H,3-4,6,8-14,22H2,1-2H3,(H,48,55)(H,49,54,56). The Balaban J connectivity index is 0.919. The van der Waals surface area contributed by atoms with E-state index >= 15 is 0 Å². The van der Waals surface area contributed by atoms with Crippen LogP contribution in [0.4, 0.5) is 35.9 Å². The van der Waals surface area contributed by atoms with Gasteiger partial charge in [-0.2, -0.15) is 18.4 Å². The van der Waals surface area contributed by atoms with Gasteiger partial charge in [0.15, 0.2) is 10.8 Å². The number of hydrogen-bond acceptors (Lipinski definition) is 11. The number of alkyl halides is 3. The summed E-state index contributed by atoms with van der Waals surface area (Å²) >= 11 is 12.0. The fourth-order valence-corrected chi connectivity index (χ4v) is 8.25. The Labute approximate surface area is 348 Å². The van der Waals surface area contributed by atoms with Gasteiger partial charge in [-0.1, -0.05) is 11.6 Å². The highest BCUT2D eigenvalue weighted by Gasteiger charge is 2.51. The zero-order chi connectivity index (χ0) is 42.2. The molecule has 59 heavy (non-hydrogen) atoms. The number of amides is 4. The number of halogens is 4. The first-order valence-corrected chi connectivity index (χ1v) is 19.9. The Kier molecular flexibility index (Phi) is 11.8. The number of piperazine rings is 1. The molecule has 3 aromatic rings. The maximum Gasteiger partial charge on any atom is 0.419 e. The van der Waals surface area contributed by atoms with Crippen LogP contribution in [-0.2, 0) is 25.4 Å². The lowest BCUT2D eigenvalue weighted by molar-refractivity contribution is -0.138. The molecule has 4 fully saturated rings. The summed E-state index contributed by atoms with van der Waals surface area (Å²) in [6.07, 6.45) is -1.30. The van der Waals surface area contributed by atoms with Crippen molar-refractivity contribution in [3.05, 3.63) is 70.5 Å². The predicted octanol–water partition coefficient (Wildman–Crippen LogP) is 5.27. The number of pyridine rings is 1. The number of imide groups is 1. The summed E-state index contributed by atoms with van der Waals surface area (Å²) < 4.78 is 47.6. The summed E-state index contributed by atoms with van der Waals surface area (Å²) in [5, 5.41) is 17.8. The van der Waals surface area contributed by atoms with E-state index in [1.54, 1.807) is 43.0 Å². The lowest BCUT2D eigenvalue weighted by Crippen LogP contribution is -2.49. The van der Waals surface area contributed by atoms with Crippen molar-refractivity contribution in [3.8, 4) is 11.8 Å². The van der Waals surface area contributed by atoms with E-state index < -0.39 is 40.8 Å². The molecule has 0 radical (unpaired) electrons. The van der Waals surface area contributed by atoms with Gasteiger partial charge in [-0.25, -0.2) is 4.98 Å². The van der Waals surface area contributed by atoms with Crippen molar-refractivity contribution in [1.29, 1.82) is 5.26 Å². The number of aromatic nitrogens is 1. The number of anilines is 4. The molecule has 1 unspecified atom stereocenters. The van der Waals surface area contributed by atoms with Crippen molar-refractivity contribution in [2.24, 2.45) is 0 Å². The third kappa shape index (κ3) is 9.28. The lowest BCUT2D eigenvalue weighted by Gasteiger charge is -2.34. The van der Waals surface area contributed by atoms with Gasteiger partial charge in [-0.15, -0.1) is 0 Å². The summed E-state index contributed by atoms with van der Waals surface area (Å²) in [5.74, 6) is -0.494. The number of nitrogens with one attached hydrogen (secondary N) is 3. The maximum absolute atomic E-state index is 13.8. The molecule has 19 heteroatoms. The van der Waals surface area contributed by atoms with Crippen molar-refractivity contribution in [3.63, 3.8) is 0 Å². The van der Waals surface area contributed by atoms with Gasteiger partial charge in [0, 0.05) is 61.2 Å². The summed E-state index contributed by atoms with van der Waals surface area (Å²) in [6, 6.07) is 12.1. The van der Waals surface area contributed by atoms with Gasteiger partial charge in [0.2, 0.25) is 17.7 Å². The van der Waals surface area contributed by atoms with E-state index in [2.05, 4.69) is 30.7 Å². The number of thiocarbonyl (C=S) groups is 1. The molecule has 0 spiro atoms. The van der Waals surface area contributed by atoms with Crippen molar-refractivity contribution >= 4 is 75.3 Å². The minimum atomic E-state index is -4.86. The zero-order valence-corrected chi connectivity index (χ0v) is 33.8. The van der Waals surface area contributed by atoms with Crippen molar-refractivity contribution in [1.82, 2.24) is 20.1 Å². The van der Waals surface area contributed by atoms with Crippen LogP contribution in [0.3, 0.4) is 0 Å². The molecule has 0 bridgehead atoms. The number of hydrogen-bond donors (Lipinski definition) is 3. The van der Waals surface area contributed by atoms with Crippen LogP contribution in [0.5, 0.6) is 5.75 Å². The van der Waals surface area contributed by atoms with Gasteiger partial charge in [0.1, 0.15) is 30.0 Å². The number of rotatable bonds is 12. The van der Waals surface area contributed by atoms with Crippen LogP contribution in [0.1, 0.15) is 62.3 Å². The molecule has 1 aliphatic carbocycles. The van der Waals surface area contributed by atoms with Crippen molar-refractivity contribution < 1.29 is 37.1 Å². The molecule has 310 valence electrons. The average molecular weight is 852 g/mol. The normalized spacial score (nSPS) is 20.1. The molecule has 4 heterocycles. The van der Waals surface area contributed by atoms with Gasteiger partial charge < -0.3 is 20.3 Å². The quantitative estimate of drug-likeness (QED) is 0.160. The maximum atomic E-state index is 13.8. The topological polar surface area (TPSA) is 163 Å². The molecule has 3 N–H and O–H groups in total. The minimum absolute atomic E-state index is 0.00963. The summed E-state index contributed by atoms with van der Waals surface area (Å²) in [5.41, 5.74) is -0.875. The zero-order valence-electron chi connectivity index (χ0n) is 32.2. The average Bonchev–Trinajstić information content (AvgIpc) is 4.00. The first kappa shape index (κ1) is 41.8. The van der Waals surface area contributed by atoms with E-state index in [0.29, 0.717) is 60.5 Å². The molecular formula is C40H41ClF3N9O5S. The summed E-state index contributed by atoms with van der Waals surface area (Å²) in [7, 11) is 0. The van der Waals surface area contributed by atoms with E-state index in [1.807, 2.05) is 12.1 Å². The Hall–Kier alpha value is -5.35. The van der Waals surface area contributed by atoms with E-state index in [9.17, 15) is 37.6 Å². The highest BCUT2D eigenvalue weighted by atomic mass is 35.5. The Bertz CT molecular complexity index is 2240. The molecule has 3 saturated heterocycles. The number of ether oxygens (including phenoxy) is 1. The van der Waals surface area contributed by atoms with Gasteiger partial charge in [0.05, 0.1) is 24.0 Å². The minimum Gasteiger partial charge on any atom is -0.492 e. The number of nitrogens with zero attached hydrogens (tertiary/aromatic N) is 6. The monoisotopic (exact) mass is 851 g/mol. The van der Waals surface area contributed by atoms with Crippen LogP contribution in [0.2, 0.25) is 5.02 Å². The van der Waals surface area contributed by atoms with Crippen LogP contribution >= 0.6 is 23.8 Å². The second-order valence-electron chi connectivity index (χ2n) is 15.4. The third-order valence-electron chi connectivity index (χ3n) is 10.7. The molecule has 7 rings (SSSR count). The first-order chi connectivity index (χ1) is 28.0. The Morgan fingerprint density at radius 3 is 2.42 bits per heavy atom.